The molecule has 34 heavy (non-hydrogen) atoms. The number of amides is 2. The first kappa shape index (κ1) is 24.7. The van der Waals surface area contributed by atoms with E-state index in [4.69, 9.17) is 4.74 Å². The van der Waals surface area contributed by atoms with E-state index in [9.17, 15) is 18.0 Å². The Morgan fingerprint density at radius 2 is 1.71 bits per heavy atom. The van der Waals surface area contributed by atoms with Crippen LogP contribution < -0.4 is 20.1 Å². The number of nitrogens with one attached hydrogen (secondary N) is 3. The van der Waals surface area contributed by atoms with Crippen molar-refractivity contribution in [2.45, 2.75) is 24.8 Å². The van der Waals surface area contributed by atoms with E-state index in [-0.39, 0.29) is 29.3 Å². The molecule has 0 atom stereocenters. The van der Waals surface area contributed by atoms with Crippen molar-refractivity contribution in [3.8, 4) is 5.75 Å². The van der Waals surface area contributed by atoms with E-state index in [0.717, 1.165) is 5.56 Å². The fraction of sp³-hybridized carbons (Fsp3) is 0.208. The lowest BCUT2D eigenvalue weighted by Gasteiger charge is -2.11. The molecule has 2 aromatic carbocycles. The van der Waals surface area contributed by atoms with Crippen molar-refractivity contribution in [2.75, 3.05) is 17.9 Å². The van der Waals surface area contributed by atoms with Crippen LogP contribution in [0.1, 0.15) is 29.3 Å². The highest BCUT2D eigenvalue weighted by atomic mass is 32.2. The van der Waals surface area contributed by atoms with Gasteiger partial charge >= 0.3 is 0 Å². The monoisotopic (exact) mass is 482 g/mol. The van der Waals surface area contributed by atoms with E-state index in [1.807, 2.05) is 6.92 Å². The molecule has 0 saturated heterocycles. The van der Waals surface area contributed by atoms with Gasteiger partial charge in [-0.05, 0) is 67.1 Å². The molecule has 0 spiro atoms. The van der Waals surface area contributed by atoms with E-state index in [2.05, 4.69) is 20.3 Å². The lowest BCUT2D eigenvalue weighted by atomic mass is 10.2. The second-order valence-electron chi connectivity index (χ2n) is 7.23. The maximum absolute atomic E-state index is 12.7. The number of sulfonamides is 1. The molecule has 0 unspecified atom stereocenters. The smallest absolute Gasteiger partial charge is 0.261 e. The molecular weight excluding hydrogens is 456 g/mol. The number of carbonyl (C=O) groups excluding carboxylic acids is 2. The highest BCUT2D eigenvalue weighted by Gasteiger charge is 2.17. The average molecular weight is 483 g/mol. The third-order valence-electron chi connectivity index (χ3n) is 4.70. The Hall–Kier alpha value is -3.92. The molecule has 3 aromatic rings. The fourth-order valence-electron chi connectivity index (χ4n) is 2.99. The van der Waals surface area contributed by atoms with Crippen molar-refractivity contribution < 1.29 is 22.7 Å². The van der Waals surface area contributed by atoms with Crippen LogP contribution >= 0.6 is 0 Å². The van der Waals surface area contributed by atoms with Crippen LogP contribution in [0.25, 0.3) is 0 Å². The molecule has 178 valence electrons. The van der Waals surface area contributed by atoms with Crippen LogP contribution in [-0.2, 0) is 21.4 Å². The molecule has 10 heteroatoms. The summed E-state index contributed by atoms with van der Waals surface area (Å²) in [7, 11) is -3.90. The summed E-state index contributed by atoms with van der Waals surface area (Å²) in [5, 5.41) is 5.40. The van der Waals surface area contributed by atoms with Crippen molar-refractivity contribution in [3.63, 3.8) is 0 Å². The molecule has 0 aliphatic rings. The van der Waals surface area contributed by atoms with Crippen molar-refractivity contribution in [3.05, 3.63) is 84.2 Å². The minimum absolute atomic E-state index is 0.0517. The zero-order chi connectivity index (χ0) is 24.4. The normalized spacial score (nSPS) is 10.9. The van der Waals surface area contributed by atoms with Crippen molar-refractivity contribution >= 4 is 27.5 Å². The Kier molecular flexibility index (Phi) is 8.58. The quantitative estimate of drug-likeness (QED) is 0.386. The van der Waals surface area contributed by atoms with Crippen LogP contribution in [0, 0.1) is 0 Å². The maximum atomic E-state index is 12.7. The number of nitrogens with zero attached hydrogens (tertiary/aromatic N) is 1. The van der Waals surface area contributed by atoms with Gasteiger partial charge in [0.05, 0.1) is 11.5 Å². The predicted molar refractivity (Wildman–Crippen MR) is 128 cm³/mol. The Labute approximate surface area is 198 Å². The van der Waals surface area contributed by atoms with Gasteiger partial charge in [0.2, 0.25) is 5.91 Å². The number of ether oxygens (including phenoxy) is 1. The van der Waals surface area contributed by atoms with E-state index < -0.39 is 15.9 Å². The van der Waals surface area contributed by atoms with E-state index in [0.29, 0.717) is 24.6 Å². The van der Waals surface area contributed by atoms with E-state index in [1.165, 1.54) is 24.3 Å². The van der Waals surface area contributed by atoms with Crippen LogP contribution in [0.4, 0.5) is 5.69 Å². The summed E-state index contributed by atoms with van der Waals surface area (Å²) in [6.45, 7) is 2.85. The van der Waals surface area contributed by atoms with E-state index >= 15 is 0 Å². The zero-order valence-electron chi connectivity index (χ0n) is 18.7. The zero-order valence-corrected chi connectivity index (χ0v) is 19.5. The van der Waals surface area contributed by atoms with Gasteiger partial charge < -0.3 is 15.4 Å². The molecule has 0 saturated carbocycles. The molecule has 0 radical (unpaired) electrons. The summed E-state index contributed by atoms with van der Waals surface area (Å²) < 4.78 is 33.3. The second kappa shape index (κ2) is 11.8. The molecule has 9 nitrogen and oxygen atoms in total. The summed E-state index contributed by atoms with van der Waals surface area (Å²) in [6.07, 6.45) is 3.38. The fourth-order valence-corrected chi connectivity index (χ4v) is 4.09. The van der Waals surface area contributed by atoms with Gasteiger partial charge in [0, 0.05) is 43.2 Å². The summed E-state index contributed by atoms with van der Waals surface area (Å²) >= 11 is 0. The molecular formula is C24H26N4O5S. The van der Waals surface area contributed by atoms with Crippen molar-refractivity contribution in [2.24, 2.45) is 0 Å². The summed E-state index contributed by atoms with van der Waals surface area (Å²) in [6, 6.07) is 15.8. The van der Waals surface area contributed by atoms with Crippen LogP contribution in [0.2, 0.25) is 0 Å². The average Bonchev–Trinajstić information content (AvgIpc) is 2.84. The standard InChI is InChI=1S/C24H26N4O5S/c1-2-33-21-8-6-20(7-9-21)28-34(31,32)22-5-3-4-19(16-22)24(30)26-15-12-23(29)27-17-18-10-13-25-14-11-18/h3-11,13-14,16,28H,2,12,15,17H2,1H3,(H,26,30)(H,27,29). The van der Waals surface area contributed by atoms with Crippen molar-refractivity contribution in [1.82, 2.24) is 15.6 Å². The number of carbonyl (C=O) groups is 2. The third-order valence-corrected chi connectivity index (χ3v) is 6.08. The van der Waals surface area contributed by atoms with Crippen molar-refractivity contribution in [1.29, 1.82) is 0 Å². The molecule has 0 aliphatic heterocycles. The Morgan fingerprint density at radius 3 is 2.41 bits per heavy atom. The molecule has 3 N–H and O–H groups in total. The van der Waals surface area contributed by atoms with Gasteiger partial charge in [0.25, 0.3) is 15.9 Å². The first-order valence-corrected chi connectivity index (χ1v) is 12.2. The second-order valence-corrected chi connectivity index (χ2v) is 8.91. The molecule has 0 aliphatic carbocycles. The van der Waals surface area contributed by atoms with Gasteiger partial charge in [-0.2, -0.15) is 0 Å². The first-order valence-electron chi connectivity index (χ1n) is 10.7. The predicted octanol–water partition coefficient (Wildman–Crippen LogP) is 2.72. The Morgan fingerprint density at radius 1 is 0.971 bits per heavy atom. The van der Waals surface area contributed by atoms with Gasteiger partial charge in [0.1, 0.15) is 5.75 Å². The number of aromatic nitrogens is 1. The molecule has 0 bridgehead atoms. The van der Waals surface area contributed by atoms with Gasteiger partial charge in [-0.3, -0.25) is 19.3 Å². The number of hydrogen-bond donors (Lipinski definition) is 3. The van der Waals surface area contributed by atoms with Gasteiger partial charge in [0.15, 0.2) is 0 Å². The van der Waals surface area contributed by atoms with Crippen LogP contribution in [-0.4, -0.2) is 38.4 Å². The first-order chi connectivity index (χ1) is 16.4. The number of anilines is 1. The van der Waals surface area contributed by atoms with Gasteiger partial charge in [-0.25, -0.2) is 8.42 Å². The highest BCUT2D eigenvalue weighted by molar-refractivity contribution is 7.92. The largest absolute Gasteiger partial charge is 0.494 e. The minimum atomic E-state index is -3.90. The SMILES string of the molecule is CCOc1ccc(NS(=O)(=O)c2cccc(C(=O)NCCC(=O)NCc3ccncc3)c2)cc1. The lowest BCUT2D eigenvalue weighted by Crippen LogP contribution is -2.30. The molecule has 1 aromatic heterocycles. The Bertz CT molecular complexity index is 1220. The summed E-state index contributed by atoms with van der Waals surface area (Å²) in [5.41, 5.74) is 1.46. The Balaban J connectivity index is 1.53. The number of rotatable bonds is 11. The number of benzene rings is 2. The molecule has 3 rings (SSSR count). The van der Waals surface area contributed by atoms with Gasteiger partial charge in [-0.15, -0.1) is 0 Å². The van der Waals surface area contributed by atoms with Crippen LogP contribution in [0.15, 0.2) is 78.0 Å². The summed E-state index contributed by atoms with van der Waals surface area (Å²) in [4.78, 5) is 28.3. The molecule has 1 heterocycles. The lowest BCUT2D eigenvalue weighted by molar-refractivity contribution is -0.121. The van der Waals surface area contributed by atoms with E-state index in [1.54, 1.807) is 48.8 Å². The van der Waals surface area contributed by atoms with Crippen LogP contribution in [0.3, 0.4) is 0 Å². The number of pyridine rings is 1. The van der Waals surface area contributed by atoms with Gasteiger partial charge in [-0.1, -0.05) is 6.07 Å². The minimum Gasteiger partial charge on any atom is -0.494 e. The molecule has 0 fully saturated rings. The molecule has 2 amide bonds. The highest BCUT2D eigenvalue weighted by Crippen LogP contribution is 2.20. The van der Waals surface area contributed by atoms with Crippen LogP contribution in [0.5, 0.6) is 5.75 Å². The number of hydrogen-bond acceptors (Lipinski definition) is 6. The summed E-state index contributed by atoms with van der Waals surface area (Å²) in [5.74, 6) is -0.0526. The maximum Gasteiger partial charge on any atom is 0.261 e. The topological polar surface area (TPSA) is 126 Å². The third kappa shape index (κ3) is 7.31.